The first kappa shape index (κ1) is 16.9. The first-order valence-electron chi connectivity index (χ1n) is 6.76. The lowest BCUT2D eigenvalue weighted by molar-refractivity contribution is -0.146. The molecule has 21 heavy (non-hydrogen) atoms. The molecule has 0 radical (unpaired) electrons. The van der Waals surface area contributed by atoms with E-state index >= 15 is 0 Å². The van der Waals surface area contributed by atoms with Crippen molar-refractivity contribution in [3.05, 3.63) is 71.8 Å². The Labute approximate surface area is 124 Å². The average molecular weight is 287 g/mol. The van der Waals surface area contributed by atoms with E-state index in [2.05, 4.69) is 12.1 Å². The van der Waals surface area contributed by atoms with Crippen LogP contribution in [0.3, 0.4) is 0 Å². The molecule has 0 heterocycles. The number of aliphatic hydroxyl groups is 1. The van der Waals surface area contributed by atoms with E-state index in [0.29, 0.717) is 5.56 Å². The lowest BCUT2D eigenvalue weighted by Gasteiger charge is -2.03. The maximum atomic E-state index is 10.2. The minimum atomic E-state index is -1.41. The van der Waals surface area contributed by atoms with E-state index in [1.807, 2.05) is 25.1 Å². The van der Waals surface area contributed by atoms with Crippen molar-refractivity contribution in [2.75, 3.05) is 0 Å². The Morgan fingerprint density at radius 3 is 1.95 bits per heavy atom. The summed E-state index contributed by atoms with van der Waals surface area (Å²) in [6, 6.07) is 18.8. The van der Waals surface area contributed by atoms with E-state index in [4.69, 9.17) is 15.9 Å². The summed E-state index contributed by atoms with van der Waals surface area (Å²) < 4.78 is 0. The number of hydrogen-bond donors (Lipinski definition) is 3. The van der Waals surface area contributed by atoms with E-state index in [9.17, 15) is 4.79 Å². The summed E-state index contributed by atoms with van der Waals surface area (Å²) in [5.74, 6) is -1.23. The maximum Gasteiger partial charge on any atom is 0.337 e. The first-order chi connectivity index (χ1) is 10.0. The summed E-state index contributed by atoms with van der Waals surface area (Å²) in [6.07, 6.45) is -0.433. The van der Waals surface area contributed by atoms with Crippen molar-refractivity contribution in [3.63, 3.8) is 0 Å². The lowest BCUT2D eigenvalue weighted by atomic mass is 10.1. The van der Waals surface area contributed by atoms with E-state index < -0.39 is 12.1 Å². The van der Waals surface area contributed by atoms with Crippen LogP contribution < -0.4 is 5.73 Å². The van der Waals surface area contributed by atoms with Gasteiger partial charge in [0.2, 0.25) is 0 Å². The van der Waals surface area contributed by atoms with Crippen LogP contribution in [0.5, 0.6) is 0 Å². The summed E-state index contributed by atoms with van der Waals surface area (Å²) in [5, 5.41) is 17.4. The number of aliphatic hydroxyl groups excluding tert-OH is 1. The normalized spacial score (nSPS) is 12.7. The van der Waals surface area contributed by atoms with Crippen LogP contribution in [0.1, 0.15) is 24.2 Å². The molecule has 0 aliphatic heterocycles. The Hall–Kier alpha value is -2.17. The number of benzene rings is 2. The van der Waals surface area contributed by atoms with Gasteiger partial charge in [-0.3, -0.25) is 0 Å². The van der Waals surface area contributed by atoms with Gasteiger partial charge in [-0.05, 0) is 24.5 Å². The van der Waals surface area contributed by atoms with Crippen LogP contribution in [0.4, 0.5) is 0 Å². The second-order valence-electron chi connectivity index (χ2n) is 4.82. The molecule has 112 valence electrons. The van der Waals surface area contributed by atoms with Gasteiger partial charge in [-0.2, -0.15) is 0 Å². The fourth-order valence-corrected chi connectivity index (χ4v) is 1.76. The highest BCUT2D eigenvalue weighted by Crippen LogP contribution is 2.10. The predicted octanol–water partition coefficient (Wildman–Crippen LogP) is 2.38. The molecule has 2 aromatic carbocycles. The third kappa shape index (κ3) is 6.70. The van der Waals surface area contributed by atoms with Crippen LogP contribution in [-0.4, -0.2) is 22.2 Å². The summed E-state index contributed by atoms with van der Waals surface area (Å²) in [7, 11) is 0. The number of carbonyl (C=O) groups is 1. The van der Waals surface area contributed by atoms with Gasteiger partial charge in [-0.1, -0.05) is 60.7 Å². The number of rotatable bonds is 4. The number of carboxylic acids is 1. The zero-order chi connectivity index (χ0) is 15.7. The van der Waals surface area contributed by atoms with Crippen LogP contribution in [0.25, 0.3) is 0 Å². The van der Waals surface area contributed by atoms with Crippen molar-refractivity contribution in [2.45, 2.75) is 25.5 Å². The largest absolute Gasteiger partial charge is 0.479 e. The third-order valence-electron chi connectivity index (χ3n) is 2.75. The molecule has 2 rings (SSSR count). The molecule has 0 fully saturated rings. The van der Waals surface area contributed by atoms with Gasteiger partial charge in [0.1, 0.15) is 0 Å². The van der Waals surface area contributed by atoms with Gasteiger partial charge in [0, 0.05) is 6.04 Å². The van der Waals surface area contributed by atoms with Crippen LogP contribution >= 0.6 is 0 Å². The fourth-order valence-electron chi connectivity index (χ4n) is 1.76. The Bertz CT molecular complexity index is 526. The predicted molar refractivity (Wildman–Crippen MR) is 82.8 cm³/mol. The van der Waals surface area contributed by atoms with Crippen molar-refractivity contribution in [2.24, 2.45) is 5.73 Å². The Morgan fingerprint density at radius 1 is 1.05 bits per heavy atom. The van der Waals surface area contributed by atoms with Crippen LogP contribution in [0.2, 0.25) is 0 Å². The maximum absolute atomic E-state index is 10.2. The highest BCUT2D eigenvalue weighted by atomic mass is 16.4. The Morgan fingerprint density at radius 2 is 1.52 bits per heavy atom. The summed E-state index contributed by atoms with van der Waals surface area (Å²) >= 11 is 0. The van der Waals surface area contributed by atoms with Crippen molar-refractivity contribution in [1.82, 2.24) is 0 Å². The average Bonchev–Trinajstić information content (AvgIpc) is 2.48. The van der Waals surface area contributed by atoms with Crippen LogP contribution in [-0.2, 0) is 11.2 Å². The standard InChI is InChI=1S/C9H13N.C8H8O3/c1-8(10)7-9-5-3-2-4-6-9;9-7(8(10)11)6-4-2-1-3-5-6/h2-6,8H,7,10H2,1H3;1-5,7,9H,(H,10,11). The summed E-state index contributed by atoms with van der Waals surface area (Å²) in [5.41, 5.74) is 7.34. The van der Waals surface area contributed by atoms with E-state index in [1.54, 1.807) is 30.3 Å². The van der Waals surface area contributed by atoms with Crippen molar-refractivity contribution in [3.8, 4) is 0 Å². The topological polar surface area (TPSA) is 83.6 Å². The molecule has 2 atom stereocenters. The highest BCUT2D eigenvalue weighted by Gasteiger charge is 2.14. The zero-order valence-corrected chi connectivity index (χ0v) is 12.0. The molecule has 0 amide bonds. The van der Waals surface area contributed by atoms with Crippen molar-refractivity contribution < 1.29 is 15.0 Å². The van der Waals surface area contributed by atoms with Gasteiger partial charge in [-0.25, -0.2) is 4.79 Å². The quantitative estimate of drug-likeness (QED) is 0.806. The minimum absolute atomic E-state index is 0.266. The molecule has 4 heteroatoms. The monoisotopic (exact) mass is 287 g/mol. The lowest BCUT2D eigenvalue weighted by Crippen LogP contribution is -2.17. The molecule has 0 bridgehead atoms. The third-order valence-corrected chi connectivity index (χ3v) is 2.75. The van der Waals surface area contributed by atoms with Crippen molar-refractivity contribution >= 4 is 5.97 Å². The van der Waals surface area contributed by atoms with Gasteiger partial charge >= 0.3 is 5.97 Å². The Balaban J connectivity index is 0.000000211. The van der Waals surface area contributed by atoms with Gasteiger partial charge < -0.3 is 15.9 Å². The molecular weight excluding hydrogens is 266 g/mol. The number of hydrogen-bond acceptors (Lipinski definition) is 3. The zero-order valence-electron chi connectivity index (χ0n) is 12.0. The second kappa shape index (κ2) is 8.89. The molecule has 4 N–H and O–H groups in total. The van der Waals surface area contributed by atoms with Gasteiger partial charge in [0.15, 0.2) is 6.10 Å². The molecule has 0 aromatic heterocycles. The first-order valence-corrected chi connectivity index (χ1v) is 6.76. The Kier molecular flexibility index (Phi) is 7.15. The number of carboxylic acid groups (broad SMARTS) is 1. The van der Waals surface area contributed by atoms with Crippen molar-refractivity contribution in [1.29, 1.82) is 0 Å². The molecule has 2 unspecified atom stereocenters. The van der Waals surface area contributed by atoms with Gasteiger partial charge in [-0.15, -0.1) is 0 Å². The van der Waals surface area contributed by atoms with Gasteiger partial charge in [0.25, 0.3) is 0 Å². The van der Waals surface area contributed by atoms with Crippen LogP contribution in [0.15, 0.2) is 60.7 Å². The molecule has 0 aliphatic rings. The molecule has 2 aromatic rings. The minimum Gasteiger partial charge on any atom is -0.479 e. The highest BCUT2D eigenvalue weighted by molar-refractivity contribution is 5.73. The molecule has 0 saturated heterocycles. The second-order valence-corrected chi connectivity index (χ2v) is 4.82. The SMILES string of the molecule is CC(N)Cc1ccccc1.O=C(O)C(O)c1ccccc1. The molecule has 0 spiro atoms. The van der Waals surface area contributed by atoms with E-state index in [1.165, 1.54) is 5.56 Å². The number of nitrogens with two attached hydrogens (primary N) is 1. The van der Waals surface area contributed by atoms with E-state index in [-0.39, 0.29) is 6.04 Å². The molecular formula is C17H21NO3. The fraction of sp³-hybridized carbons (Fsp3) is 0.235. The molecule has 0 aliphatic carbocycles. The van der Waals surface area contributed by atoms with Gasteiger partial charge in [0.05, 0.1) is 0 Å². The molecule has 0 saturated carbocycles. The van der Waals surface area contributed by atoms with Crippen LogP contribution in [0, 0.1) is 0 Å². The smallest absolute Gasteiger partial charge is 0.337 e. The number of aliphatic carboxylic acids is 1. The summed E-state index contributed by atoms with van der Waals surface area (Å²) in [6.45, 7) is 2.02. The molecule has 4 nitrogen and oxygen atoms in total. The summed E-state index contributed by atoms with van der Waals surface area (Å²) in [4.78, 5) is 10.2. The van der Waals surface area contributed by atoms with E-state index in [0.717, 1.165) is 6.42 Å².